The molecule has 1 saturated heterocycles. The molecule has 158 valence electrons. The Hall–Kier alpha value is -2.75. The topological polar surface area (TPSA) is 100 Å². The van der Waals surface area contributed by atoms with E-state index in [2.05, 4.69) is 15.4 Å². The lowest BCUT2D eigenvalue weighted by Crippen LogP contribution is -2.37. The van der Waals surface area contributed by atoms with Gasteiger partial charge in [-0.1, -0.05) is 12.1 Å². The summed E-state index contributed by atoms with van der Waals surface area (Å²) in [6.07, 6.45) is 4.41. The number of benzene rings is 1. The predicted molar refractivity (Wildman–Crippen MR) is 114 cm³/mol. The Morgan fingerprint density at radius 3 is 2.60 bits per heavy atom. The number of carbonyl (C=O) groups is 1. The minimum atomic E-state index is -2.57. The van der Waals surface area contributed by atoms with Crippen molar-refractivity contribution in [3.8, 4) is 11.3 Å². The van der Waals surface area contributed by atoms with Crippen molar-refractivity contribution < 1.29 is 18.3 Å². The van der Waals surface area contributed by atoms with Crippen molar-refractivity contribution >= 4 is 16.5 Å². The molecule has 0 spiro atoms. The van der Waals surface area contributed by atoms with Crippen LogP contribution in [0.1, 0.15) is 17.7 Å². The number of halogens is 1. The second-order valence-electron chi connectivity index (χ2n) is 7.44. The summed E-state index contributed by atoms with van der Waals surface area (Å²) in [5.41, 5.74) is 3.33. The number of pyridine rings is 1. The van der Waals surface area contributed by atoms with Gasteiger partial charge in [-0.25, -0.2) is 4.39 Å². The summed E-state index contributed by atoms with van der Waals surface area (Å²) in [4.78, 5) is 16.6. The third-order valence-corrected chi connectivity index (χ3v) is 6.88. The quantitative estimate of drug-likeness (QED) is 0.557. The molecule has 0 bridgehead atoms. The van der Waals surface area contributed by atoms with E-state index in [0.717, 1.165) is 22.5 Å². The molecule has 7 nitrogen and oxygen atoms in total. The van der Waals surface area contributed by atoms with Gasteiger partial charge in [0, 0.05) is 41.9 Å². The zero-order valence-electron chi connectivity index (χ0n) is 16.2. The summed E-state index contributed by atoms with van der Waals surface area (Å²) in [6.45, 7) is 0.0112. The van der Waals surface area contributed by atoms with Gasteiger partial charge in [-0.15, -0.1) is 0 Å². The van der Waals surface area contributed by atoms with Gasteiger partial charge in [0.05, 0.1) is 11.4 Å². The molecule has 1 unspecified atom stereocenters. The molecule has 3 heterocycles. The highest BCUT2D eigenvalue weighted by molar-refractivity contribution is 8.24. The zero-order chi connectivity index (χ0) is 21.1. The van der Waals surface area contributed by atoms with Crippen LogP contribution in [-0.2, 0) is 17.8 Å². The molecular weight excluding hydrogens is 407 g/mol. The van der Waals surface area contributed by atoms with Crippen LogP contribution < -0.4 is 5.32 Å². The van der Waals surface area contributed by atoms with E-state index in [0.29, 0.717) is 18.6 Å². The summed E-state index contributed by atoms with van der Waals surface area (Å²) in [6, 6.07) is 11.6. The van der Waals surface area contributed by atoms with E-state index in [9.17, 15) is 18.3 Å². The third kappa shape index (κ3) is 5.05. The summed E-state index contributed by atoms with van der Waals surface area (Å²) < 4.78 is 34.4. The highest BCUT2D eigenvalue weighted by Crippen LogP contribution is 2.45. The van der Waals surface area contributed by atoms with Crippen LogP contribution in [0.25, 0.3) is 11.3 Å². The van der Waals surface area contributed by atoms with Crippen LogP contribution in [0.2, 0.25) is 0 Å². The molecule has 3 N–H and O–H groups in total. The van der Waals surface area contributed by atoms with Crippen molar-refractivity contribution in [1.82, 2.24) is 20.1 Å². The van der Waals surface area contributed by atoms with Crippen LogP contribution in [0.15, 0.2) is 54.9 Å². The zero-order valence-corrected chi connectivity index (χ0v) is 17.1. The molecule has 30 heavy (non-hydrogen) atoms. The molecule has 0 radical (unpaired) electrons. The molecule has 0 aliphatic carbocycles. The maximum absolute atomic E-state index is 13.2. The second-order valence-corrected chi connectivity index (χ2v) is 9.79. The van der Waals surface area contributed by atoms with Crippen molar-refractivity contribution in [2.24, 2.45) is 0 Å². The largest absolute Gasteiger partial charge is 0.350 e. The van der Waals surface area contributed by atoms with Crippen molar-refractivity contribution in [2.75, 3.05) is 11.5 Å². The Labute approximate surface area is 175 Å². The first-order chi connectivity index (χ1) is 14.4. The Bertz CT molecular complexity index is 1020. The van der Waals surface area contributed by atoms with Crippen LogP contribution >= 0.6 is 10.6 Å². The Balaban J connectivity index is 1.54. The van der Waals surface area contributed by atoms with Crippen LogP contribution in [0.4, 0.5) is 4.39 Å². The number of hydrogen-bond acceptors (Lipinski definition) is 5. The van der Waals surface area contributed by atoms with Gasteiger partial charge in [-0.3, -0.25) is 23.6 Å². The van der Waals surface area contributed by atoms with E-state index in [-0.39, 0.29) is 30.1 Å². The van der Waals surface area contributed by atoms with Gasteiger partial charge in [0.2, 0.25) is 5.91 Å². The fourth-order valence-electron chi connectivity index (χ4n) is 3.55. The number of nitrogens with one attached hydrogen (secondary N) is 1. The molecule has 2 aromatic heterocycles. The normalized spacial score (nSPS) is 18.8. The molecule has 1 fully saturated rings. The van der Waals surface area contributed by atoms with Crippen molar-refractivity contribution in [3.63, 3.8) is 0 Å². The SMILES string of the molecule is O=C(Cn1nc(-c2ccncc2)cc1Cc1ccc(F)cc1)NC1CCS(O)(O)C1. The number of carbonyl (C=O) groups excluding carboxylic acids is 1. The number of hydrogen-bond donors (Lipinski definition) is 3. The summed E-state index contributed by atoms with van der Waals surface area (Å²) in [5, 5.41) is 7.47. The Morgan fingerprint density at radius 1 is 1.20 bits per heavy atom. The average Bonchev–Trinajstić information content (AvgIpc) is 3.26. The maximum atomic E-state index is 13.2. The van der Waals surface area contributed by atoms with Gasteiger partial charge in [0.25, 0.3) is 0 Å². The molecule has 3 aromatic rings. The molecule has 1 aliphatic rings. The standard InChI is InChI=1S/C21H23FN4O3S/c22-17-3-1-15(2-4-17)11-19-12-20(16-5-8-23-9-6-16)25-26(19)13-21(27)24-18-7-10-30(28,29)14-18/h1-6,8-9,12,18,28-29H,7,10-11,13-14H2,(H,24,27). The van der Waals surface area contributed by atoms with Crippen LogP contribution in [0, 0.1) is 5.82 Å². The summed E-state index contributed by atoms with van der Waals surface area (Å²) in [5.74, 6) is -0.0157. The van der Waals surface area contributed by atoms with Gasteiger partial charge in [0.15, 0.2) is 0 Å². The minimum Gasteiger partial charge on any atom is -0.350 e. The van der Waals surface area contributed by atoms with E-state index in [1.807, 2.05) is 18.2 Å². The predicted octanol–water partition coefficient (Wildman–Crippen LogP) is 3.31. The third-order valence-electron chi connectivity index (χ3n) is 5.06. The molecule has 1 amide bonds. The Morgan fingerprint density at radius 2 is 1.93 bits per heavy atom. The lowest BCUT2D eigenvalue weighted by atomic mass is 10.1. The van der Waals surface area contributed by atoms with Crippen molar-refractivity contribution in [3.05, 3.63) is 71.9 Å². The smallest absolute Gasteiger partial charge is 0.242 e. The van der Waals surface area contributed by atoms with Gasteiger partial charge >= 0.3 is 0 Å². The summed E-state index contributed by atoms with van der Waals surface area (Å²) >= 11 is 0. The highest BCUT2D eigenvalue weighted by atomic mass is 32.3. The number of aromatic nitrogens is 3. The average molecular weight is 431 g/mol. The maximum Gasteiger partial charge on any atom is 0.242 e. The fourth-order valence-corrected chi connectivity index (χ4v) is 5.28. The van der Waals surface area contributed by atoms with E-state index >= 15 is 0 Å². The number of amides is 1. The number of rotatable bonds is 6. The summed E-state index contributed by atoms with van der Waals surface area (Å²) in [7, 11) is -2.57. The second kappa shape index (κ2) is 8.55. The van der Waals surface area contributed by atoms with E-state index in [4.69, 9.17) is 0 Å². The van der Waals surface area contributed by atoms with E-state index in [1.165, 1.54) is 12.1 Å². The van der Waals surface area contributed by atoms with Crippen molar-refractivity contribution in [2.45, 2.75) is 25.4 Å². The van der Waals surface area contributed by atoms with Crippen LogP contribution in [-0.4, -0.2) is 47.3 Å². The molecule has 1 aliphatic heterocycles. The first kappa shape index (κ1) is 20.5. The fraction of sp³-hybridized carbons (Fsp3) is 0.286. The van der Waals surface area contributed by atoms with Gasteiger partial charge < -0.3 is 5.32 Å². The first-order valence-electron chi connectivity index (χ1n) is 9.62. The molecule has 9 heteroatoms. The lowest BCUT2D eigenvalue weighted by Gasteiger charge is -2.26. The molecule has 0 saturated carbocycles. The van der Waals surface area contributed by atoms with Crippen LogP contribution in [0.3, 0.4) is 0 Å². The van der Waals surface area contributed by atoms with Crippen LogP contribution in [0.5, 0.6) is 0 Å². The first-order valence-corrected chi connectivity index (χ1v) is 11.5. The number of nitrogens with zero attached hydrogens (tertiary/aromatic N) is 3. The molecule has 1 aromatic carbocycles. The molecular formula is C21H23FN4O3S. The molecule has 4 rings (SSSR count). The van der Waals surface area contributed by atoms with Crippen molar-refractivity contribution in [1.29, 1.82) is 0 Å². The van der Waals surface area contributed by atoms with Gasteiger partial charge in [-0.2, -0.15) is 15.7 Å². The minimum absolute atomic E-state index is 0.0112. The Kier molecular flexibility index (Phi) is 5.85. The molecule has 1 atom stereocenters. The van der Waals surface area contributed by atoms with Gasteiger partial charge in [-0.05, 0) is 42.3 Å². The van der Waals surface area contributed by atoms with E-state index in [1.54, 1.807) is 29.2 Å². The monoisotopic (exact) mass is 430 g/mol. The van der Waals surface area contributed by atoms with Gasteiger partial charge in [0.1, 0.15) is 12.4 Å². The highest BCUT2D eigenvalue weighted by Gasteiger charge is 2.29. The van der Waals surface area contributed by atoms with E-state index < -0.39 is 10.6 Å². The lowest BCUT2D eigenvalue weighted by molar-refractivity contribution is -0.122.